The van der Waals surface area contributed by atoms with Crippen molar-refractivity contribution in [1.82, 2.24) is 4.90 Å². The van der Waals surface area contributed by atoms with Gasteiger partial charge in [0.15, 0.2) is 0 Å². The Morgan fingerprint density at radius 1 is 1.44 bits per heavy atom. The number of nitro benzene ring substituents is 1. The van der Waals surface area contributed by atoms with E-state index in [0.717, 1.165) is 17.7 Å². The van der Waals surface area contributed by atoms with Crippen molar-refractivity contribution in [3.8, 4) is 0 Å². The van der Waals surface area contributed by atoms with Crippen LogP contribution in [0.1, 0.15) is 33.6 Å². The van der Waals surface area contributed by atoms with Crippen molar-refractivity contribution in [3.63, 3.8) is 0 Å². The summed E-state index contributed by atoms with van der Waals surface area (Å²) in [6.07, 6.45) is 0.495. The minimum absolute atomic E-state index is 0.0387. The highest BCUT2D eigenvalue weighted by Gasteiger charge is 2.36. The molecule has 1 N–H and O–H groups in total. The molecule has 8 heteroatoms. The van der Waals surface area contributed by atoms with Crippen LogP contribution in [0.25, 0.3) is 0 Å². The molecule has 1 fully saturated rings. The molecule has 2 atom stereocenters. The van der Waals surface area contributed by atoms with Crippen LogP contribution >= 0.6 is 11.8 Å². The number of nitrogens with zero attached hydrogens (tertiary/aromatic N) is 2. The Bertz CT molecular complexity index is 614. The number of ether oxygens (including phenoxy) is 1. The van der Waals surface area contributed by atoms with Crippen molar-refractivity contribution in [2.45, 2.75) is 56.3 Å². The van der Waals surface area contributed by atoms with Crippen molar-refractivity contribution >= 4 is 23.5 Å². The van der Waals surface area contributed by atoms with E-state index in [1.165, 1.54) is 23.9 Å². The van der Waals surface area contributed by atoms with Gasteiger partial charge in [-0.1, -0.05) is 0 Å². The lowest BCUT2D eigenvalue weighted by molar-refractivity contribution is -0.384. The maximum atomic E-state index is 12.3. The van der Waals surface area contributed by atoms with Gasteiger partial charge in [0.2, 0.25) is 0 Å². The normalized spacial score (nSPS) is 18.9. The third kappa shape index (κ3) is 5.61. The predicted octanol–water partition coefficient (Wildman–Crippen LogP) is 3.45. The van der Waals surface area contributed by atoms with Crippen molar-refractivity contribution < 1.29 is 19.6 Å². The molecule has 0 spiro atoms. The number of aliphatic hydroxyl groups excluding tert-OH is 1. The quantitative estimate of drug-likeness (QED) is 0.486. The lowest BCUT2D eigenvalue weighted by Gasteiger charge is -2.31. The lowest BCUT2D eigenvalue weighted by Crippen LogP contribution is -2.45. The molecule has 0 aromatic heterocycles. The molecule has 0 aliphatic carbocycles. The smallest absolute Gasteiger partial charge is 0.410 e. The Morgan fingerprint density at radius 3 is 2.64 bits per heavy atom. The molecular weight excluding hydrogens is 344 g/mol. The van der Waals surface area contributed by atoms with Gasteiger partial charge in [-0.25, -0.2) is 4.79 Å². The van der Waals surface area contributed by atoms with Gasteiger partial charge in [0.25, 0.3) is 5.69 Å². The van der Waals surface area contributed by atoms with Crippen molar-refractivity contribution in [2.24, 2.45) is 0 Å². The molecular formula is C17H24N2O5S. The van der Waals surface area contributed by atoms with Crippen LogP contribution in [0.2, 0.25) is 0 Å². The number of non-ortho nitro benzene ring substituents is 1. The van der Waals surface area contributed by atoms with Crippen molar-refractivity contribution in [2.75, 3.05) is 12.3 Å². The van der Waals surface area contributed by atoms with Gasteiger partial charge in [0, 0.05) is 29.3 Å². The zero-order chi connectivity index (χ0) is 18.6. The second kappa shape index (κ2) is 8.05. The molecule has 1 aromatic rings. The summed E-state index contributed by atoms with van der Waals surface area (Å²) >= 11 is 1.41. The molecule has 1 saturated heterocycles. The molecule has 0 bridgehead atoms. The standard InChI is InChI=1S/C17H24N2O5S/c1-17(2,3)24-16(21)18-10-4-5-14(18)15(20)11-25-13-8-6-12(7-9-13)19(22)23/h6-9,14-15,20H,4-5,10-11H2,1-3H3/t14-,15?/m0/s1. The average molecular weight is 368 g/mol. The summed E-state index contributed by atoms with van der Waals surface area (Å²) in [5.41, 5.74) is -0.528. The summed E-state index contributed by atoms with van der Waals surface area (Å²) in [4.78, 5) is 24.9. The van der Waals surface area contributed by atoms with Crippen LogP contribution < -0.4 is 0 Å². The van der Waals surface area contributed by atoms with E-state index in [-0.39, 0.29) is 11.7 Å². The van der Waals surface area contributed by atoms with Gasteiger partial charge < -0.3 is 14.7 Å². The largest absolute Gasteiger partial charge is 0.444 e. The van der Waals surface area contributed by atoms with E-state index in [1.54, 1.807) is 17.0 Å². The highest BCUT2D eigenvalue weighted by Crippen LogP contribution is 2.27. The molecule has 1 amide bonds. The first-order chi connectivity index (χ1) is 11.7. The Balaban J connectivity index is 1.91. The summed E-state index contributed by atoms with van der Waals surface area (Å²) in [6, 6.07) is 5.94. The number of thioether (sulfide) groups is 1. The second-order valence-electron chi connectivity index (χ2n) is 7.01. The Labute approximate surface area is 151 Å². The third-order valence-electron chi connectivity index (χ3n) is 3.84. The highest BCUT2D eigenvalue weighted by molar-refractivity contribution is 7.99. The Kier molecular flexibility index (Phi) is 6.29. The summed E-state index contributed by atoms with van der Waals surface area (Å²) < 4.78 is 5.41. The van der Waals surface area contributed by atoms with Gasteiger partial charge in [-0.15, -0.1) is 11.8 Å². The van der Waals surface area contributed by atoms with E-state index < -0.39 is 22.7 Å². The fourth-order valence-electron chi connectivity index (χ4n) is 2.70. The van der Waals surface area contributed by atoms with Crippen LogP contribution in [0.4, 0.5) is 10.5 Å². The van der Waals surface area contributed by atoms with E-state index in [9.17, 15) is 20.0 Å². The predicted molar refractivity (Wildman–Crippen MR) is 95.8 cm³/mol. The van der Waals surface area contributed by atoms with Crippen molar-refractivity contribution in [3.05, 3.63) is 34.4 Å². The van der Waals surface area contributed by atoms with E-state index in [4.69, 9.17) is 4.74 Å². The molecule has 0 saturated carbocycles. The highest BCUT2D eigenvalue weighted by atomic mass is 32.2. The third-order valence-corrected chi connectivity index (χ3v) is 4.95. The molecule has 1 aliphatic heterocycles. The summed E-state index contributed by atoms with van der Waals surface area (Å²) in [7, 11) is 0. The van der Waals surface area contributed by atoms with E-state index in [1.807, 2.05) is 20.8 Å². The molecule has 2 rings (SSSR count). The van der Waals surface area contributed by atoms with Crippen LogP contribution in [0.5, 0.6) is 0 Å². The first kappa shape index (κ1) is 19.5. The second-order valence-corrected chi connectivity index (χ2v) is 8.11. The molecule has 7 nitrogen and oxygen atoms in total. The Morgan fingerprint density at radius 2 is 2.08 bits per heavy atom. The number of nitro groups is 1. The number of rotatable bonds is 5. The fraction of sp³-hybridized carbons (Fsp3) is 0.588. The van der Waals surface area contributed by atoms with E-state index >= 15 is 0 Å². The number of hydrogen-bond donors (Lipinski definition) is 1. The zero-order valence-corrected chi connectivity index (χ0v) is 15.5. The van der Waals surface area contributed by atoms with Crippen LogP contribution in [0, 0.1) is 10.1 Å². The first-order valence-electron chi connectivity index (χ1n) is 8.22. The van der Waals surface area contributed by atoms with Gasteiger partial charge in [-0.2, -0.15) is 0 Å². The lowest BCUT2D eigenvalue weighted by atomic mass is 10.1. The number of carbonyl (C=O) groups excluding carboxylic acids is 1. The molecule has 1 heterocycles. The van der Waals surface area contributed by atoms with E-state index in [2.05, 4.69) is 0 Å². The topological polar surface area (TPSA) is 92.9 Å². The van der Waals surface area contributed by atoms with Gasteiger partial charge in [-0.05, 0) is 45.7 Å². The van der Waals surface area contributed by atoms with Gasteiger partial charge in [0.1, 0.15) is 5.60 Å². The minimum Gasteiger partial charge on any atom is -0.444 e. The van der Waals surface area contributed by atoms with Gasteiger partial charge in [-0.3, -0.25) is 10.1 Å². The molecule has 0 radical (unpaired) electrons. The molecule has 25 heavy (non-hydrogen) atoms. The number of amides is 1. The monoisotopic (exact) mass is 368 g/mol. The van der Waals surface area contributed by atoms with Crippen LogP contribution in [0.15, 0.2) is 29.2 Å². The first-order valence-corrected chi connectivity index (χ1v) is 9.21. The van der Waals surface area contributed by atoms with Crippen molar-refractivity contribution in [1.29, 1.82) is 0 Å². The molecule has 1 aliphatic rings. The van der Waals surface area contributed by atoms with Gasteiger partial charge in [0.05, 0.1) is 17.1 Å². The van der Waals surface area contributed by atoms with Crippen LogP contribution in [-0.2, 0) is 4.74 Å². The SMILES string of the molecule is CC(C)(C)OC(=O)N1CCC[C@H]1C(O)CSc1ccc([N+](=O)[O-])cc1. The molecule has 138 valence electrons. The number of benzene rings is 1. The van der Waals surface area contributed by atoms with Crippen LogP contribution in [-0.4, -0.2) is 51.1 Å². The van der Waals surface area contributed by atoms with E-state index in [0.29, 0.717) is 12.3 Å². The summed E-state index contributed by atoms with van der Waals surface area (Å²) in [6.45, 7) is 6.03. The molecule has 1 aromatic carbocycles. The summed E-state index contributed by atoms with van der Waals surface area (Å²) in [5, 5.41) is 21.2. The maximum Gasteiger partial charge on any atom is 0.410 e. The molecule has 1 unspecified atom stereocenters. The number of hydrogen-bond acceptors (Lipinski definition) is 6. The minimum atomic E-state index is -0.685. The zero-order valence-electron chi connectivity index (χ0n) is 14.7. The number of aliphatic hydroxyl groups is 1. The van der Waals surface area contributed by atoms with Crippen LogP contribution in [0.3, 0.4) is 0 Å². The Hall–Kier alpha value is -1.80. The average Bonchev–Trinajstić information content (AvgIpc) is 3.01. The van der Waals surface area contributed by atoms with Gasteiger partial charge >= 0.3 is 6.09 Å². The number of carbonyl (C=O) groups is 1. The fourth-order valence-corrected chi connectivity index (χ4v) is 3.61. The maximum absolute atomic E-state index is 12.3. The number of likely N-dealkylation sites (tertiary alicyclic amines) is 1. The summed E-state index contributed by atoms with van der Waals surface area (Å²) in [5.74, 6) is 0.405.